The lowest BCUT2D eigenvalue weighted by Crippen LogP contribution is -2.54. The Balaban J connectivity index is 1.50. The summed E-state index contributed by atoms with van der Waals surface area (Å²) < 4.78 is 29.0. The molecule has 3 aromatic carbocycles. The zero-order valence-electron chi connectivity index (χ0n) is 20.8. The highest BCUT2D eigenvalue weighted by Crippen LogP contribution is 2.34. The maximum absolute atomic E-state index is 13.2. The first-order valence-electron chi connectivity index (χ1n) is 12.2. The Bertz CT molecular complexity index is 1430. The average Bonchev–Trinajstić information content (AvgIpc) is 3.41. The average molecular weight is 529 g/mol. The summed E-state index contributed by atoms with van der Waals surface area (Å²) in [6.45, 7) is 1.40. The fourth-order valence-corrected chi connectivity index (χ4v) is 4.10. The summed E-state index contributed by atoms with van der Waals surface area (Å²) >= 11 is 0. The van der Waals surface area contributed by atoms with Gasteiger partial charge in [0.1, 0.15) is 0 Å². The van der Waals surface area contributed by atoms with Gasteiger partial charge in [0.15, 0.2) is 24.4 Å². The second-order valence-electron chi connectivity index (χ2n) is 8.69. The van der Waals surface area contributed by atoms with E-state index < -0.39 is 42.3 Å². The Kier molecular flexibility index (Phi) is 7.74. The number of aromatic nitrogens is 2. The molecule has 5 rings (SSSR count). The lowest BCUT2D eigenvalue weighted by molar-refractivity contribution is -0.197. The first-order chi connectivity index (χ1) is 19.0. The Morgan fingerprint density at radius 1 is 0.667 bits per heavy atom. The van der Waals surface area contributed by atoms with Crippen molar-refractivity contribution in [2.75, 3.05) is 6.61 Å². The van der Waals surface area contributed by atoms with Crippen LogP contribution >= 0.6 is 0 Å². The number of aryl methyl sites for hydroxylation is 1. The van der Waals surface area contributed by atoms with Gasteiger partial charge in [0, 0.05) is 6.92 Å². The molecule has 198 valence electrons. The molecule has 0 aliphatic carbocycles. The van der Waals surface area contributed by atoms with Crippen molar-refractivity contribution in [2.24, 2.45) is 0 Å². The van der Waals surface area contributed by atoms with E-state index in [1.807, 2.05) is 0 Å². The van der Waals surface area contributed by atoms with Crippen LogP contribution in [0.4, 0.5) is 0 Å². The number of hydrogen-bond donors (Lipinski definition) is 0. The Labute approximate surface area is 223 Å². The van der Waals surface area contributed by atoms with E-state index in [-0.39, 0.29) is 35.1 Å². The number of esters is 3. The number of ether oxygens (including phenoxy) is 4. The maximum Gasteiger partial charge on any atom is 0.338 e. The molecule has 4 atom stereocenters. The molecule has 0 amide bonds. The summed E-state index contributed by atoms with van der Waals surface area (Å²) in [5.41, 5.74) is 0.808. The molecule has 0 radical (unpaired) electrons. The van der Waals surface area contributed by atoms with E-state index in [1.54, 1.807) is 97.9 Å². The Morgan fingerprint density at radius 3 is 1.59 bits per heavy atom. The van der Waals surface area contributed by atoms with Crippen molar-refractivity contribution in [1.82, 2.24) is 10.2 Å². The predicted molar refractivity (Wildman–Crippen MR) is 135 cm³/mol. The van der Waals surface area contributed by atoms with Crippen LogP contribution in [-0.4, -0.2) is 53.0 Å². The quantitative estimate of drug-likeness (QED) is 0.255. The van der Waals surface area contributed by atoms with E-state index in [2.05, 4.69) is 10.2 Å². The summed E-state index contributed by atoms with van der Waals surface area (Å²) in [5.74, 6) is -1.79. The van der Waals surface area contributed by atoms with Crippen LogP contribution in [0.3, 0.4) is 0 Å². The first-order valence-corrected chi connectivity index (χ1v) is 12.2. The third-order valence-corrected chi connectivity index (χ3v) is 5.99. The molecular weight excluding hydrogens is 504 g/mol. The fraction of sp³-hybridized carbons (Fsp3) is 0.207. The molecule has 4 aromatic rings. The van der Waals surface area contributed by atoms with Crippen LogP contribution in [0.5, 0.6) is 0 Å². The Morgan fingerprint density at radius 2 is 1.13 bits per heavy atom. The highest BCUT2D eigenvalue weighted by Gasteiger charge is 2.50. The molecule has 3 unspecified atom stereocenters. The SMILES string of the molecule is Cc1nnc([C@@H]2OCC(OC(=O)c3ccccc3)C(OC(=O)c3ccccc3)C2OC(=O)c2ccccc2)o1. The lowest BCUT2D eigenvalue weighted by Gasteiger charge is -2.39. The molecule has 10 heteroatoms. The monoisotopic (exact) mass is 528 g/mol. The van der Waals surface area contributed by atoms with Gasteiger partial charge in [0.25, 0.3) is 0 Å². The normalized spacial score (nSPS) is 20.5. The fourth-order valence-electron chi connectivity index (χ4n) is 4.10. The van der Waals surface area contributed by atoms with E-state index in [9.17, 15) is 14.4 Å². The van der Waals surface area contributed by atoms with Gasteiger partial charge >= 0.3 is 17.9 Å². The summed E-state index contributed by atoms with van der Waals surface area (Å²) in [4.78, 5) is 39.3. The lowest BCUT2D eigenvalue weighted by atomic mass is 9.98. The number of rotatable bonds is 7. The van der Waals surface area contributed by atoms with Crippen molar-refractivity contribution in [3.05, 3.63) is 119 Å². The molecule has 0 saturated carbocycles. The molecule has 2 heterocycles. The van der Waals surface area contributed by atoms with Crippen LogP contribution in [-0.2, 0) is 18.9 Å². The minimum Gasteiger partial charge on any atom is -0.452 e. The van der Waals surface area contributed by atoms with Crippen LogP contribution in [0, 0.1) is 6.92 Å². The van der Waals surface area contributed by atoms with Crippen LogP contribution < -0.4 is 0 Å². The standard InChI is InChI=1S/C29H24N2O8/c1-18-30-31-26(36-18)25-24(39-29(34)21-15-9-4-10-16-21)23(38-28(33)20-13-7-3-8-14-20)22(17-35-25)37-27(32)19-11-5-2-6-12-19/h2-16,22-25H,17H2,1H3/t22?,23?,24?,25-/m1/s1. The largest absolute Gasteiger partial charge is 0.452 e. The van der Waals surface area contributed by atoms with Gasteiger partial charge < -0.3 is 23.4 Å². The zero-order chi connectivity index (χ0) is 27.2. The van der Waals surface area contributed by atoms with Gasteiger partial charge in [-0.25, -0.2) is 14.4 Å². The zero-order valence-corrected chi connectivity index (χ0v) is 20.8. The second kappa shape index (κ2) is 11.7. The van der Waals surface area contributed by atoms with Crippen molar-refractivity contribution in [1.29, 1.82) is 0 Å². The third-order valence-electron chi connectivity index (χ3n) is 5.99. The molecule has 0 bridgehead atoms. The van der Waals surface area contributed by atoms with Gasteiger partial charge in [0.05, 0.1) is 23.3 Å². The van der Waals surface area contributed by atoms with Crippen LogP contribution in [0.1, 0.15) is 49.0 Å². The number of benzene rings is 3. The number of carbonyl (C=O) groups excluding carboxylic acids is 3. The van der Waals surface area contributed by atoms with Crippen LogP contribution in [0.15, 0.2) is 95.4 Å². The molecule has 0 N–H and O–H groups in total. The summed E-state index contributed by atoms with van der Waals surface area (Å²) in [5, 5.41) is 7.87. The second-order valence-corrected chi connectivity index (χ2v) is 8.69. The Hall–Kier alpha value is -4.83. The summed E-state index contributed by atoms with van der Waals surface area (Å²) in [6, 6.07) is 24.9. The molecule has 1 saturated heterocycles. The minimum atomic E-state index is -1.30. The van der Waals surface area contributed by atoms with Gasteiger partial charge in [-0.2, -0.15) is 0 Å². The molecule has 1 fully saturated rings. The van der Waals surface area contributed by atoms with Crippen molar-refractivity contribution in [2.45, 2.75) is 31.3 Å². The van der Waals surface area contributed by atoms with Gasteiger partial charge in [-0.3, -0.25) is 0 Å². The topological polar surface area (TPSA) is 127 Å². The number of carbonyl (C=O) groups is 3. The van der Waals surface area contributed by atoms with Crippen molar-refractivity contribution >= 4 is 17.9 Å². The number of hydrogen-bond acceptors (Lipinski definition) is 10. The van der Waals surface area contributed by atoms with Crippen molar-refractivity contribution in [3.8, 4) is 0 Å². The molecular formula is C29H24N2O8. The van der Waals surface area contributed by atoms with Gasteiger partial charge in [-0.15, -0.1) is 10.2 Å². The predicted octanol–water partition coefficient (Wildman–Crippen LogP) is 4.13. The molecule has 39 heavy (non-hydrogen) atoms. The van der Waals surface area contributed by atoms with E-state index in [0.29, 0.717) is 0 Å². The minimum absolute atomic E-state index is 0.0203. The van der Waals surface area contributed by atoms with Crippen LogP contribution in [0.25, 0.3) is 0 Å². The molecule has 1 aliphatic heterocycles. The van der Waals surface area contributed by atoms with E-state index >= 15 is 0 Å². The summed E-state index contributed by atoms with van der Waals surface area (Å²) in [7, 11) is 0. The van der Waals surface area contributed by atoms with Crippen LogP contribution in [0.2, 0.25) is 0 Å². The highest BCUT2D eigenvalue weighted by atomic mass is 16.6. The molecule has 0 spiro atoms. The third kappa shape index (κ3) is 6.02. The molecule has 10 nitrogen and oxygen atoms in total. The van der Waals surface area contributed by atoms with E-state index in [0.717, 1.165) is 0 Å². The van der Waals surface area contributed by atoms with Gasteiger partial charge in [0.2, 0.25) is 11.8 Å². The maximum atomic E-state index is 13.2. The van der Waals surface area contributed by atoms with Crippen molar-refractivity contribution in [3.63, 3.8) is 0 Å². The number of nitrogens with zero attached hydrogens (tertiary/aromatic N) is 2. The van der Waals surface area contributed by atoms with E-state index in [4.69, 9.17) is 23.4 Å². The first kappa shape index (κ1) is 25.8. The molecule has 1 aliphatic rings. The van der Waals surface area contributed by atoms with E-state index in [1.165, 1.54) is 0 Å². The summed E-state index contributed by atoms with van der Waals surface area (Å²) in [6.07, 6.45) is -4.80. The van der Waals surface area contributed by atoms with Gasteiger partial charge in [-0.1, -0.05) is 54.6 Å². The smallest absolute Gasteiger partial charge is 0.338 e. The van der Waals surface area contributed by atoms with Gasteiger partial charge in [-0.05, 0) is 36.4 Å². The van der Waals surface area contributed by atoms with Crippen molar-refractivity contribution < 1.29 is 37.7 Å². The highest BCUT2D eigenvalue weighted by molar-refractivity contribution is 5.91. The molecule has 1 aromatic heterocycles.